The third-order valence-corrected chi connectivity index (χ3v) is 8.44. The largest absolute Gasteiger partial charge is 0.493 e. The average Bonchev–Trinajstić information content (AvgIpc) is 2.93. The number of rotatable bonds is 10. The van der Waals surface area contributed by atoms with Crippen LogP contribution in [-0.2, 0) is 27.8 Å². The molecule has 3 aromatic rings. The van der Waals surface area contributed by atoms with E-state index < -0.39 is 26.7 Å². The van der Waals surface area contributed by atoms with E-state index >= 15 is 0 Å². The van der Waals surface area contributed by atoms with Crippen LogP contribution in [0.15, 0.2) is 65.6 Å². The second-order valence-electron chi connectivity index (χ2n) is 8.88. The number of fused-ring (bicyclic) bond motifs is 1. The Kier molecular flexibility index (Phi) is 8.44. The summed E-state index contributed by atoms with van der Waals surface area (Å²) in [4.78, 5) is 12.9. The van der Waals surface area contributed by atoms with Crippen LogP contribution >= 0.6 is 0 Å². The number of carbonyl (C=O) groups is 1. The van der Waals surface area contributed by atoms with Crippen LogP contribution in [0, 0.1) is 5.82 Å². The van der Waals surface area contributed by atoms with Gasteiger partial charge in [0.05, 0.1) is 33.0 Å². The fourth-order valence-electron chi connectivity index (χ4n) is 4.40. The van der Waals surface area contributed by atoms with Crippen molar-refractivity contribution in [1.82, 2.24) is 5.32 Å². The SMILES string of the molecule is CCc1ccc(OCCNC(=O)C2=C(C)c3cc(OC)c(OC)cc3N(Cc3ccccc3F)S2(=O)=O)cc1. The third-order valence-electron chi connectivity index (χ3n) is 6.53. The summed E-state index contributed by atoms with van der Waals surface area (Å²) in [6.07, 6.45) is 0.912. The average molecular weight is 555 g/mol. The number of sulfonamides is 1. The summed E-state index contributed by atoms with van der Waals surface area (Å²) in [6, 6.07) is 16.6. The van der Waals surface area contributed by atoms with Crippen molar-refractivity contribution in [2.45, 2.75) is 26.8 Å². The summed E-state index contributed by atoms with van der Waals surface area (Å²) < 4.78 is 59.9. The molecule has 8 nitrogen and oxygen atoms in total. The number of aryl methyl sites for hydroxylation is 1. The first-order valence-corrected chi connectivity index (χ1v) is 13.9. The highest BCUT2D eigenvalue weighted by atomic mass is 32.2. The fraction of sp³-hybridized carbons (Fsp3) is 0.276. The van der Waals surface area contributed by atoms with Crippen molar-refractivity contribution >= 4 is 27.2 Å². The number of nitrogens with one attached hydrogen (secondary N) is 1. The fourth-order valence-corrected chi connectivity index (χ4v) is 6.15. The first kappa shape index (κ1) is 28.0. The molecule has 1 aliphatic rings. The Morgan fingerprint density at radius 2 is 1.67 bits per heavy atom. The van der Waals surface area contributed by atoms with Crippen LogP contribution in [-0.4, -0.2) is 41.7 Å². The summed E-state index contributed by atoms with van der Waals surface area (Å²) in [5.74, 6) is -0.0292. The third kappa shape index (κ3) is 5.70. The van der Waals surface area contributed by atoms with Crippen molar-refractivity contribution in [3.05, 3.63) is 88.1 Å². The number of methoxy groups -OCH3 is 2. The Balaban J connectivity index is 1.65. The van der Waals surface area contributed by atoms with E-state index in [2.05, 4.69) is 12.2 Å². The molecular formula is C29H31FN2O6S. The molecular weight excluding hydrogens is 523 g/mol. The summed E-state index contributed by atoms with van der Waals surface area (Å²) in [7, 11) is -1.49. The maximum absolute atomic E-state index is 14.6. The molecule has 206 valence electrons. The summed E-state index contributed by atoms with van der Waals surface area (Å²) >= 11 is 0. The lowest BCUT2D eigenvalue weighted by atomic mass is 10.0. The number of hydrogen-bond acceptors (Lipinski definition) is 6. The minimum absolute atomic E-state index is 0.0762. The highest BCUT2D eigenvalue weighted by molar-refractivity contribution is 7.97. The number of halogens is 1. The van der Waals surface area contributed by atoms with Gasteiger partial charge in [-0.3, -0.25) is 9.10 Å². The standard InChI is InChI=1S/C29H31FN2O6S/c1-5-20-10-12-22(13-11-20)38-15-14-31-29(33)28-19(2)23-16-26(36-3)27(37-4)17-25(23)32(39(28,34)35)18-21-8-6-7-9-24(21)30/h6-13,16-17H,5,14-15,18H2,1-4H3,(H,31,33). The zero-order valence-electron chi connectivity index (χ0n) is 22.3. The maximum Gasteiger partial charge on any atom is 0.270 e. The van der Waals surface area contributed by atoms with Crippen LogP contribution in [0.2, 0.25) is 0 Å². The predicted octanol–water partition coefficient (Wildman–Crippen LogP) is 4.68. The van der Waals surface area contributed by atoms with E-state index in [1.807, 2.05) is 24.3 Å². The van der Waals surface area contributed by atoms with Crippen LogP contribution in [0.25, 0.3) is 5.57 Å². The Labute approximate surface area is 228 Å². The van der Waals surface area contributed by atoms with Crippen molar-refractivity contribution in [3.8, 4) is 17.2 Å². The molecule has 0 saturated carbocycles. The number of ether oxygens (including phenoxy) is 3. The highest BCUT2D eigenvalue weighted by Gasteiger charge is 2.40. The monoisotopic (exact) mass is 554 g/mol. The molecule has 0 bridgehead atoms. The molecule has 0 unspecified atom stereocenters. The Bertz CT molecular complexity index is 1500. The summed E-state index contributed by atoms with van der Waals surface area (Å²) in [5, 5.41) is 2.65. The molecule has 1 amide bonds. The van der Waals surface area contributed by atoms with E-state index in [0.29, 0.717) is 22.8 Å². The second-order valence-corrected chi connectivity index (χ2v) is 10.7. The van der Waals surface area contributed by atoms with Crippen LogP contribution in [0.1, 0.15) is 30.5 Å². The van der Waals surface area contributed by atoms with Crippen LogP contribution in [0.5, 0.6) is 17.2 Å². The van der Waals surface area contributed by atoms with Gasteiger partial charge in [0.1, 0.15) is 18.2 Å². The van der Waals surface area contributed by atoms with Gasteiger partial charge in [-0.05, 0) is 48.7 Å². The molecule has 10 heteroatoms. The zero-order chi connectivity index (χ0) is 28.2. The number of allylic oxidation sites excluding steroid dienone is 1. The minimum atomic E-state index is -4.39. The van der Waals surface area contributed by atoms with Gasteiger partial charge in [0.2, 0.25) is 0 Å². The highest BCUT2D eigenvalue weighted by Crippen LogP contribution is 2.45. The number of amides is 1. The number of benzene rings is 3. The van der Waals surface area contributed by atoms with Gasteiger partial charge in [-0.2, -0.15) is 0 Å². The quantitative estimate of drug-likeness (QED) is 0.366. The van der Waals surface area contributed by atoms with Gasteiger partial charge in [-0.25, -0.2) is 12.8 Å². The lowest BCUT2D eigenvalue weighted by molar-refractivity contribution is -0.116. The number of anilines is 1. The van der Waals surface area contributed by atoms with Crippen molar-refractivity contribution in [2.75, 3.05) is 31.7 Å². The number of nitrogens with zero attached hydrogens (tertiary/aromatic N) is 1. The smallest absolute Gasteiger partial charge is 0.270 e. The minimum Gasteiger partial charge on any atom is -0.493 e. The van der Waals surface area contributed by atoms with Crippen molar-refractivity contribution in [2.24, 2.45) is 0 Å². The molecule has 0 fully saturated rings. The van der Waals surface area contributed by atoms with Gasteiger partial charge < -0.3 is 19.5 Å². The Hall–Kier alpha value is -4.05. The van der Waals surface area contributed by atoms with Crippen LogP contribution in [0.3, 0.4) is 0 Å². The van der Waals surface area contributed by atoms with E-state index in [9.17, 15) is 17.6 Å². The lowest BCUT2D eigenvalue weighted by Gasteiger charge is -2.33. The molecule has 0 aromatic heterocycles. The van der Waals surface area contributed by atoms with Gasteiger partial charge in [0, 0.05) is 17.2 Å². The van der Waals surface area contributed by atoms with E-state index in [-0.39, 0.29) is 36.5 Å². The normalized spacial score (nSPS) is 14.0. The van der Waals surface area contributed by atoms with Gasteiger partial charge >= 0.3 is 0 Å². The molecule has 0 spiro atoms. The van der Waals surface area contributed by atoms with Gasteiger partial charge in [-0.15, -0.1) is 0 Å². The second kappa shape index (κ2) is 11.8. The summed E-state index contributed by atoms with van der Waals surface area (Å²) in [5.41, 5.74) is 2.28. The van der Waals surface area contributed by atoms with E-state index in [0.717, 1.165) is 10.7 Å². The molecule has 0 aliphatic carbocycles. The Morgan fingerprint density at radius 3 is 2.31 bits per heavy atom. The molecule has 39 heavy (non-hydrogen) atoms. The molecule has 0 saturated heterocycles. The molecule has 4 rings (SSSR count). The van der Waals surface area contributed by atoms with Crippen molar-refractivity contribution in [1.29, 1.82) is 0 Å². The van der Waals surface area contributed by atoms with E-state index in [1.54, 1.807) is 19.1 Å². The zero-order valence-corrected chi connectivity index (χ0v) is 23.1. The summed E-state index contributed by atoms with van der Waals surface area (Å²) in [6.45, 7) is 3.52. The molecule has 1 aliphatic heterocycles. The van der Waals surface area contributed by atoms with Crippen molar-refractivity contribution in [3.63, 3.8) is 0 Å². The predicted molar refractivity (Wildman–Crippen MR) is 148 cm³/mol. The van der Waals surface area contributed by atoms with Gasteiger partial charge in [0.15, 0.2) is 16.4 Å². The number of hydrogen-bond donors (Lipinski definition) is 1. The molecule has 1 N–H and O–H groups in total. The number of carbonyl (C=O) groups excluding carboxylic acids is 1. The molecule has 1 heterocycles. The van der Waals surface area contributed by atoms with Crippen molar-refractivity contribution < 1.29 is 31.8 Å². The maximum atomic E-state index is 14.6. The van der Waals surface area contributed by atoms with E-state index in [1.165, 1.54) is 44.0 Å². The van der Waals surface area contributed by atoms with Gasteiger partial charge in [-0.1, -0.05) is 37.3 Å². The van der Waals surface area contributed by atoms with E-state index in [4.69, 9.17) is 14.2 Å². The Morgan fingerprint density at radius 1 is 1.00 bits per heavy atom. The lowest BCUT2D eigenvalue weighted by Crippen LogP contribution is -2.41. The molecule has 0 atom stereocenters. The topological polar surface area (TPSA) is 94.2 Å². The molecule has 0 radical (unpaired) electrons. The first-order valence-electron chi connectivity index (χ1n) is 12.4. The first-order chi connectivity index (χ1) is 18.7. The molecule has 3 aromatic carbocycles. The van der Waals surface area contributed by atoms with Gasteiger partial charge in [0.25, 0.3) is 15.9 Å². The van der Waals surface area contributed by atoms with Crippen LogP contribution < -0.4 is 23.8 Å². The van der Waals surface area contributed by atoms with Crippen LogP contribution in [0.4, 0.5) is 10.1 Å².